The molecule has 2 aromatic carbocycles. The van der Waals surface area contributed by atoms with Crippen LogP contribution >= 0.6 is 11.8 Å². The lowest BCUT2D eigenvalue weighted by molar-refractivity contribution is -0.113. The van der Waals surface area contributed by atoms with E-state index in [9.17, 15) is 4.79 Å². The van der Waals surface area contributed by atoms with Crippen molar-refractivity contribution < 1.29 is 18.7 Å². The van der Waals surface area contributed by atoms with Crippen molar-refractivity contribution in [3.63, 3.8) is 0 Å². The Labute approximate surface area is 167 Å². The molecule has 1 amide bonds. The fourth-order valence-electron chi connectivity index (χ4n) is 2.62. The summed E-state index contributed by atoms with van der Waals surface area (Å²) in [5.74, 6) is 1.58. The summed E-state index contributed by atoms with van der Waals surface area (Å²) in [6.45, 7) is 2.05. The van der Waals surface area contributed by atoms with Crippen molar-refractivity contribution in [2.75, 3.05) is 25.3 Å². The number of nitrogens with zero attached hydrogens (tertiary/aromatic N) is 2. The smallest absolute Gasteiger partial charge is 0.277 e. The third-order valence-electron chi connectivity index (χ3n) is 4.04. The van der Waals surface area contributed by atoms with E-state index in [0.29, 0.717) is 28.2 Å². The van der Waals surface area contributed by atoms with E-state index in [-0.39, 0.29) is 11.7 Å². The zero-order chi connectivity index (χ0) is 19.9. The molecule has 1 aromatic heterocycles. The zero-order valence-electron chi connectivity index (χ0n) is 15.9. The Morgan fingerprint density at radius 1 is 1.11 bits per heavy atom. The number of rotatable bonds is 8. The maximum Gasteiger partial charge on any atom is 0.277 e. The average molecular weight is 399 g/mol. The van der Waals surface area contributed by atoms with Gasteiger partial charge in [0.2, 0.25) is 11.8 Å². The largest absolute Gasteiger partial charge is 0.493 e. The van der Waals surface area contributed by atoms with E-state index in [0.717, 1.165) is 17.7 Å². The van der Waals surface area contributed by atoms with Crippen LogP contribution in [0.5, 0.6) is 11.5 Å². The average Bonchev–Trinajstić information content (AvgIpc) is 3.21. The van der Waals surface area contributed by atoms with E-state index in [4.69, 9.17) is 13.9 Å². The van der Waals surface area contributed by atoms with Crippen LogP contribution in [0.1, 0.15) is 12.5 Å². The topological polar surface area (TPSA) is 86.5 Å². The maximum atomic E-state index is 12.2. The molecule has 0 aliphatic carbocycles. The monoisotopic (exact) mass is 399 g/mol. The quantitative estimate of drug-likeness (QED) is 0.572. The number of ether oxygens (including phenoxy) is 2. The Morgan fingerprint density at radius 2 is 1.89 bits per heavy atom. The van der Waals surface area contributed by atoms with Gasteiger partial charge in [-0.2, -0.15) is 0 Å². The molecule has 8 heteroatoms. The number of benzene rings is 2. The van der Waals surface area contributed by atoms with Gasteiger partial charge in [0.05, 0.1) is 20.0 Å². The van der Waals surface area contributed by atoms with Crippen LogP contribution in [-0.2, 0) is 11.2 Å². The number of hydrogen-bond donors (Lipinski definition) is 1. The SMILES string of the molecule is CCc1ccccc1NC(=O)CSc1nnc(-c2ccc(OC)c(OC)c2)o1. The Balaban J connectivity index is 1.62. The van der Waals surface area contributed by atoms with Gasteiger partial charge in [-0.25, -0.2) is 0 Å². The third kappa shape index (κ3) is 4.64. The predicted octanol–water partition coefficient (Wildman–Crippen LogP) is 4.05. The van der Waals surface area contributed by atoms with Gasteiger partial charge in [-0.3, -0.25) is 4.79 Å². The molecule has 0 radical (unpaired) electrons. The first-order valence-corrected chi connectivity index (χ1v) is 9.69. The number of aromatic nitrogens is 2. The minimum Gasteiger partial charge on any atom is -0.493 e. The zero-order valence-corrected chi connectivity index (χ0v) is 16.7. The summed E-state index contributed by atoms with van der Waals surface area (Å²) in [7, 11) is 3.13. The summed E-state index contributed by atoms with van der Waals surface area (Å²) < 4.78 is 16.2. The predicted molar refractivity (Wildman–Crippen MR) is 108 cm³/mol. The highest BCUT2D eigenvalue weighted by Gasteiger charge is 2.14. The number of thioether (sulfide) groups is 1. The molecule has 7 nitrogen and oxygen atoms in total. The highest BCUT2D eigenvalue weighted by Crippen LogP contribution is 2.32. The molecule has 3 rings (SSSR count). The first kappa shape index (κ1) is 19.8. The fraction of sp³-hybridized carbons (Fsp3) is 0.250. The van der Waals surface area contributed by atoms with Crippen LogP contribution in [0.25, 0.3) is 11.5 Å². The van der Waals surface area contributed by atoms with E-state index >= 15 is 0 Å². The van der Waals surface area contributed by atoms with Gasteiger partial charge in [-0.15, -0.1) is 10.2 Å². The van der Waals surface area contributed by atoms with Crippen molar-refractivity contribution in [3.05, 3.63) is 48.0 Å². The molecule has 0 bridgehead atoms. The highest BCUT2D eigenvalue weighted by molar-refractivity contribution is 7.99. The molecule has 1 N–H and O–H groups in total. The maximum absolute atomic E-state index is 12.2. The number of anilines is 1. The number of para-hydroxylation sites is 1. The number of carbonyl (C=O) groups is 1. The van der Waals surface area contributed by atoms with Crippen molar-refractivity contribution in [1.29, 1.82) is 0 Å². The minimum atomic E-state index is -0.128. The molecular weight excluding hydrogens is 378 g/mol. The Bertz CT molecular complexity index is 958. The molecular formula is C20H21N3O4S. The molecule has 0 aliphatic heterocycles. The molecule has 0 saturated carbocycles. The van der Waals surface area contributed by atoms with Gasteiger partial charge >= 0.3 is 0 Å². The Hall–Kier alpha value is -3.00. The normalized spacial score (nSPS) is 10.5. The van der Waals surface area contributed by atoms with Crippen molar-refractivity contribution in [2.24, 2.45) is 0 Å². The van der Waals surface area contributed by atoms with E-state index in [2.05, 4.69) is 15.5 Å². The molecule has 146 valence electrons. The first-order chi connectivity index (χ1) is 13.6. The van der Waals surface area contributed by atoms with Crippen molar-refractivity contribution in [3.8, 4) is 23.0 Å². The second-order valence-electron chi connectivity index (χ2n) is 5.79. The molecule has 0 atom stereocenters. The Morgan fingerprint density at radius 3 is 2.64 bits per heavy atom. The lowest BCUT2D eigenvalue weighted by Gasteiger charge is -2.08. The number of aryl methyl sites for hydroxylation is 1. The molecule has 0 unspecified atom stereocenters. The van der Waals surface area contributed by atoms with Gasteiger partial charge in [0.1, 0.15) is 0 Å². The fourth-order valence-corrected chi connectivity index (χ4v) is 3.18. The summed E-state index contributed by atoms with van der Waals surface area (Å²) >= 11 is 1.19. The number of methoxy groups -OCH3 is 2. The van der Waals surface area contributed by atoms with E-state index in [1.807, 2.05) is 31.2 Å². The van der Waals surface area contributed by atoms with Crippen LogP contribution in [0.2, 0.25) is 0 Å². The van der Waals surface area contributed by atoms with Crippen LogP contribution in [0, 0.1) is 0 Å². The van der Waals surface area contributed by atoms with Crippen LogP contribution in [0.4, 0.5) is 5.69 Å². The molecule has 0 fully saturated rings. The molecule has 28 heavy (non-hydrogen) atoms. The second kappa shape index (κ2) is 9.27. The minimum absolute atomic E-state index is 0.128. The molecule has 3 aromatic rings. The van der Waals surface area contributed by atoms with Gasteiger partial charge < -0.3 is 19.2 Å². The number of nitrogens with one attached hydrogen (secondary N) is 1. The summed E-state index contributed by atoms with van der Waals surface area (Å²) in [4.78, 5) is 12.2. The molecule has 0 aliphatic rings. The summed E-state index contributed by atoms with van der Waals surface area (Å²) in [5, 5.41) is 11.3. The number of carbonyl (C=O) groups excluding carboxylic acids is 1. The van der Waals surface area contributed by atoms with Gasteiger partial charge in [-0.05, 0) is 36.2 Å². The van der Waals surface area contributed by atoms with Crippen molar-refractivity contribution >= 4 is 23.4 Å². The second-order valence-corrected chi connectivity index (χ2v) is 6.72. The molecule has 1 heterocycles. The van der Waals surface area contributed by atoms with Gasteiger partial charge in [0.15, 0.2) is 11.5 Å². The first-order valence-electron chi connectivity index (χ1n) is 8.71. The number of amides is 1. The standard InChI is InChI=1S/C20H21N3O4S/c1-4-13-7-5-6-8-15(13)21-18(24)12-28-20-23-22-19(27-20)14-9-10-16(25-2)17(11-14)26-3/h5-11H,4,12H2,1-3H3,(H,21,24). The van der Waals surface area contributed by atoms with Crippen molar-refractivity contribution in [1.82, 2.24) is 10.2 Å². The summed E-state index contributed by atoms with van der Waals surface area (Å²) in [6, 6.07) is 13.1. The third-order valence-corrected chi connectivity index (χ3v) is 4.85. The van der Waals surface area contributed by atoms with Gasteiger partial charge in [0.25, 0.3) is 5.22 Å². The molecule has 0 spiro atoms. The lowest BCUT2D eigenvalue weighted by atomic mass is 10.1. The van der Waals surface area contributed by atoms with Crippen LogP contribution in [0.3, 0.4) is 0 Å². The summed E-state index contributed by atoms with van der Waals surface area (Å²) in [6.07, 6.45) is 0.849. The van der Waals surface area contributed by atoms with Gasteiger partial charge in [-0.1, -0.05) is 36.9 Å². The Kier molecular flexibility index (Phi) is 6.54. The highest BCUT2D eigenvalue weighted by atomic mass is 32.2. The van der Waals surface area contributed by atoms with Crippen LogP contribution < -0.4 is 14.8 Å². The van der Waals surface area contributed by atoms with Crippen LogP contribution in [0.15, 0.2) is 52.1 Å². The van der Waals surface area contributed by atoms with Gasteiger partial charge in [0, 0.05) is 11.3 Å². The number of hydrogen-bond acceptors (Lipinski definition) is 7. The van der Waals surface area contributed by atoms with E-state index in [1.54, 1.807) is 32.4 Å². The van der Waals surface area contributed by atoms with E-state index in [1.165, 1.54) is 11.8 Å². The van der Waals surface area contributed by atoms with Crippen LogP contribution in [-0.4, -0.2) is 36.1 Å². The van der Waals surface area contributed by atoms with Crippen molar-refractivity contribution in [2.45, 2.75) is 18.6 Å². The van der Waals surface area contributed by atoms with E-state index < -0.39 is 0 Å². The summed E-state index contributed by atoms with van der Waals surface area (Å²) in [5.41, 5.74) is 2.62. The molecule has 0 saturated heterocycles. The lowest BCUT2D eigenvalue weighted by Crippen LogP contribution is -2.15.